The van der Waals surface area contributed by atoms with Crippen LogP contribution in [0.3, 0.4) is 0 Å². The van der Waals surface area contributed by atoms with Crippen molar-refractivity contribution >= 4 is 11.8 Å². The predicted octanol–water partition coefficient (Wildman–Crippen LogP) is 2.61. The fourth-order valence-corrected chi connectivity index (χ4v) is 3.70. The third-order valence-electron chi connectivity index (χ3n) is 5.30. The topological polar surface area (TPSA) is 43.9 Å². The highest BCUT2D eigenvalue weighted by molar-refractivity contribution is 5.94. The van der Waals surface area contributed by atoms with Crippen LogP contribution in [0.1, 0.15) is 49.5 Å². The molecule has 0 bridgehead atoms. The lowest BCUT2D eigenvalue weighted by Crippen LogP contribution is -2.51. The molecule has 0 radical (unpaired) electrons. The van der Waals surface area contributed by atoms with Crippen LogP contribution in [0.25, 0.3) is 0 Å². The summed E-state index contributed by atoms with van der Waals surface area (Å²) < 4.78 is 0. The molecule has 0 N–H and O–H groups in total. The molecule has 2 amide bonds. The lowest BCUT2D eigenvalue weighted by molar-refractivity contribution is -0.141. The number of hydrogen-bond donors (Lipinski definition) is 0. The van der Waals surface area contributed by atoms with Crippen LogP contribution in [0.2, 0.25) is 0 Å². The number of hydrogen-bond acceptors (Lipinski definition) is 3. The minimum absolute atomic E-state index is 0.156. The summed E-state index contributed by atoms with van der Waals surface area (Å²) in [7, 11) is 0. The summed E-state index contributed by atoms with van der Waals surface area (Å²) >= 11 is 0. The van der Waals surface area contributed by atoms with Gasteiger partial charge in [-0.1, -0.05) is 32.9 Å². The van der Waals surface area contributed by atoms with Crippen molar-refractivity contribution in [2.45, 2.75) is 40.2 Å². The van der Waals surface area contributed by atoms with E-state index in [-0.39, 0.29) is 17.2 Å². The van der Waals surface area contributed by atoms with Gasteiger partial charge in [-0.2, -0.15) is 0 Å². The minimum atomic E-state index is -0.306. The molecule has 0 unspecified atom stereocenters. The molecule has 0 aromatic heterocycles. The molecule has 2 aliphatic rings. The lowest BCUT2D eigenvalue weighted by atomic mass is 9.94. The molecule has 142 valence electrons. The van der Waals surface area contributed by atoms with Crippen LogP contribution in [0, 0.1) is 5.41 Å². The molecular formula is C21H31N3O2. The fraction of sp³-hybridized carbons (Fsp3) is 0.619. The standard InChI is InChI=1S/C21H31N3O2/c1-21(2,3)20(26)24-14-12-22(13-15-24)16-17-6-8-18(9-7-17)19(25)23-10-4-5-11-23/h6-9H,4-5,10-16H2,1-3H3. The first-order valence-electron chi connectivity index (χ1n) is 9.74. The Bertz CT molecular complexity index is 634. The van der Waals surface area contributed by atoms with E-state index in [0.29, 0.717) is 0 Å². The largest absolute Gasteiger partial charge is 0.340 e. The van der Waals surface area contributed by atoms with Gasteiger partial charge in [-0.3, -0.25) is 14.5 Å². The second kappa shape index (κ2) is 7.78. The number of likely N-dealkylation sites (tertiary alicyclic amines) is 1. The molecule has 2 saturated heterocycles. The van der Waals surface area contributed by atoms with Gasteiger partial charge in [0.05, 0.1) is 0 Å². The Balaban J connectivity index is 1.51. The maximum absolute atomic E-state index is 12.4. The molecule has 26 heavy (non-hydrogen) atoms. The average Bonchev–Trinajstić information content (AvgIpc) is 3.16. The molecule has 5 heteroatoms. The van der Waals surface area contributed by atoms with E-state index < -0.39 is 0 Å². The van der Waals surface area contributed by atoms with E-state index in [1.807, 2.05) is 42.7 Å². The van der Waals surface area contributed by atoms with Crippen LogP contribution in [0.15, 0.2) is 24.3 Å². The Morgan fingerprint density at radius 1 is 0.846 bits per heavy atom. The van der Waals surface area contributed by atoms with Crippen molar-refractivity contribution in [3.05, 3.63) is 35.4 Å². The maximum atomic E-state index is 12.4. The lowest BCUT2D eigenvalue weighted by Gasteiger charge is -2.37. The molecule has 3 rings (SSSR count). The average molecular weight is 357 g/mol. The van der Waals surface area contributed by atoms with E-state index in [1.165, 1.54) is 5.56 Å². The molecular weight excluding hydrogens is 326 g/mol. The van der Waals surface area contributed by atoms with Gasteiger partial charge in [-0.25, -0.2) is 0 Å². The molecule has 5 nitrogen and oxygen atoms in total. The van der Waals surface area contributed by atoms with E-state index in [1.54, 1.807) is 0 Å². The van der Waals surface area contributed by atoms with Crippen LogP contribution < -0.4 is 0 Å². The van der Waals surface area contributed by atoms with Gasteiger partial charge in [0.25, 0.3) is 5.91 Å². The number of rotatable bonds is 3. The van der Waals surface area contributed by atoms with Gasteiger partial charge in [-0.05, 0) is 30.5 Å². The highest BCUT2D eigenvalue weighted by Gasteiger charge is 2.29. The number of benzene rings is 1. The number of carbonyl (C=O) groups is 2. The smallest absolute Gasteiger partial charge is 0.253 e. The van der Waals surface area contributed by atoms with Crippen LogP contribution in [-0.4, -0.2) is 65.8 Å². The molecule has 0 spiro atoms. The normalized spacial score (nSPS) is 19.0. The molecule has 0 saturated carbocycles. The van der Waals surface area contributed by atoms with Gasteiger partial charge < -0.3 is 9.80 Å². The Hall–Kier alpha value is -1.88. The quantitative estimate of drug-likeness (QED) is 0.835. The van der Waals surface area contributed by atoms with Gasteiger partial charge in [-0.15, -0.1) is 0 Å². The van der Waals surface area contributed by atoms with E-state index >= 15 is 0 Å². The summed E-state index contributed by atoms with van der Waals surface area (Å²) in [5, 5.41) is 0. The fourth-order valence-electron chi connectivity index (χ4n) is 3.70. The molecule has 2 heterocycles. The van der Waals surface area contributed by atoms with E-state index in [4.69, 9.17) is 0 Å². The molecule has 2 aliphatic heterocycles. The SMILES string of the molecule is CC(C)(C)C(=O)N1CCN(Cc2ccc(C(=O)N3CCCC3)cc2)CC1. The number of piperazine rings is 1. The number of amides is 2. The molecule has 0 atom stereocenters. The molecule has 2 fully saturated rings. The molecule has 0 aliphatic carbocycles. The van der Waals surface area contributed by atoms with Crippen molar-refractivity contribution in [1.82, 2.24) is 14.7 Å². The summed E-state index contributed by atoms with van der Waals surface area (Å²) in [5.41, 5.74) is 1.70. The first kappa shape index (κ1) is 18.9. The van der Waals surface area contributed by atoms with Gasteiger partial charge in [0.15, 0.2) is 0 Å². The Labute approximate surface area is 156 Å². The van der Waals surface area contributed by atoms with Gasteiger partial charge in [0.1, 0.15) is 0 Å². The summed E-state index contributed by atoms with van der Waals surface area (Å²) in [6, 6.07) is 8.04. The third-order valence-corrected chi connectivity index (χ3v) is 5.30. The second-order valence-electron chi connectivity index (χ2n) is 8.51. The minimum Gasteiger partial charge on any atom is -0.340 e. The van der Waals surface area contributed by atoms with Crippen LogP contribution in [0.5, 0.6) is 0 Å². The van der Waals surface area contributed by atoms with Crippen LogP contribution >= 0.6 is 0 Å². The first-order valence-corrected chi connectivity index (χ1v) is 9.74. The third kappa shape index (κ3) is 4.44. The summed E-state index contributed by atoms with van der Waals surface area (Å²) in [6.45, 7) is 12.0. The summed E-state index contributed by atoms with van der Waals surface area (Å²) in [6.07, 6.45) is 2.24. The van der Waals surface area contributed by atoms with E-state index in [0.717, 1.165) is 64.2 Å². The Kier molecular flexibility index (Phi) is 5.66. The maximum Gasteiger partial charge on any atom is 0.253 e. The Morgan fingerprint density at radius 2 is 1.42 bits per heavy atom. The van der Waals surface area contributed by atoms with Gasteiger partial charge in [0.2, 0.25) is 5.91 Å². The van der Waals surface area contributed by atoms with Crippen LogP contribution in [-0.2, 0) is 11.3 Å². The van der Waals surface area contributed by atoms with Gasteiger partial charge in [0, 0.05) is 56.8 Å². The zero-order chi connectivity index (χ0) is 18.7. The van der Waals surface area contributed by atoms with Gasteiger partial charge >= 0.3 is 0 Å². The van der Waals surface area contributed by atoms with Crippen molar-refractivity contribution in [2.75, 3.05) is 39.3 Å². The zero-order valence-corrected chi connectivity index (χ0v) is 16.3. The number of nitrogens with zero attached hydrogens (tertiary/aromatic N) is 3. The van der Waals surface area contributed by atoms with Crippen molar-refractivity contribution in [1.29, 1.82) is 0 Å². The van der Waals surface area contributed by atoms with E-state index in [2.05, 4.69) is 17.0 Å². The van der Waals surface area contributed by atoms with Crippen molar-refractivity contribution in [3.8, 4) is 0 Å². The summed E-state index contributed by atoms with van der Waals surface area (Å²) in [4.78, 5) is 31.1. The van der Waals surface area contributed by atoms with Crippen molar-refractivity contribution < 1.29 is 9.59 Å². The highest BCUT2D eigenvalue weighted by atomic mass is 16.2. The highest BCUT2D eigenvalue weighted by Crippen LogP contribution is 2.19. The molecule has 1 aromatic rings. The summed E-state index contributed by atoms with van der Waals surface area (Å²) in [5.74, 6) is 0.394. The monoisotopic (exact) mass is 357 g/mol. The number of carbonyl (C=O) groups excluding carboxylic acids is 2. The predicted molar refractivity (Wildman–Crippen MR) is 103 cm³/mol. The molecule has 1 aromatic carbocycles. The van der Waals surface area contributed by atoms with Crippen molar-refractivity contribution in [2.24, 2.45) is 5.41 Å². The van der Waals surface area contributed by atoms with Crippen LogP contribution in [0.4, 0.5) is 0 Å². The van der Waals surface area contributed by atoms with E-state index in [9.17, 15) is 9.59 Å². The second-order valence-corrected chi connectivity index (χ2v) is 8.51. The van der Waals surface area contributed by atoms with Crippen molar-refractivity contribution in [3.63, 3.8) is 0 Å². The first-order chi connectivity index (χ1) is 12.3. The zero-order valence-electron chi connectivity index (χ0n) is 16.3. The Morgan fingerprint density at radius 3 is 1.96 bits per heavy atom.